The van der Waals surface area contributed by atoms with Crippen LogP contribution in [-0.2, 0) is 50.7 Å². The normalized spacial score (nSPS) is 21.4. The molecule has 1 saturated heterocycles. The Hall–Kier alpha value is -2.44. The minimum absolute atomic E-state index is 0.0332. The number of ether oxygens (including phenoxy) is 1. The van der Waals surface area contributed by atoms with Crippen molar-refractivity contribution in [1.82, 2.24) is 30.2 Å². The maximum Gasteiger partial charge on any atom is 0.481 e. The number of phosphoric ester groups is 3. The van der Waals surface area contributed by atoms with Gasteiger partial charge in [-0.1, -0.05) is 118 Å². The van der Waals surface area contributed by atoms with Crippen molar-refractivity contribution in [3.63, 3.8) is 0 Å². The van der Waals surface area contributed by atoms with Crippen LogP contribution in [0.1, 0.15) is 125 Å². The van der Waals surface area contributed by atoms with E-state index in [9.17, 15) is 57.9 Å². The molecule has 2 aromatic rings. The van der Waals surface area contributed by atoms with Gasteiger partial charge in [0.1, 0.15) is 36.3 Å². The van der Waals surface area contributed by atoms with Crippen molar-refractivity contribution in [3.8, 4) is 0 Å². The third kappa shape index (κ3) is 22.1. The van der Waals surface area contributed by atoms with Gasteiger partial charge in [0.25, 0.3) is 0 Å². The summed E-state index contributed by atoms with van der Waals surface area (Å²) in [6, 6.07) is 0. The molecule has 24 nitrogen and oxygen atoms in total. The lowest BCUT2D eigenvalue weighted by Crippen LogP contribution is -2.46. The van der Waals surface area contributed by atoms with E-state index >= 15 is 0 Å². The van der Waals surface area contributed by atoms with Crippen LogP contribution < -0.4 is 16.4 Å². The van der Waals surface area contributed by atoms with Gasteiger partial charge in [-0.25, -0.2) is 28.6 Å². The third-order valence-corrected chi connectivity index (χ3v) is 15.5. The number of nitrogens with zero attached hydrogens (tertiary/aromatic N) is 4. The largest absolute Gasteiger partial charge is 0.481 e. The number of carbonyl (C=O) groups is 3. The van der Waals surface area contributed by atoms with Crippen molar-refractivity contribution < 1.29 is 80.5 Å². The van der Waals surface area contributed by atoms with Gasteiger partial charge in [-0.3, -0.25) is 32.5 Å². The Balaban J connectivity index is 1.33. The molecule has 69 heavy (non-hydrogen) atoms. The van der Waals surface area contributed by atoms with Crippen LogP contribution in [0.2, 0.25) is 0 Å². The minimum Gasteiger partial charge on any atom is -0.386 e. The maximum absolute atomic E-state index is 12.8. The Labute approximate surface area is 407 Å². The monoisotopic (exact) mass is 1060 g/mol. The number of carbonyl (C=O) groups excluding carboxylic acids is 3. The summed E-state index contributed by atoms with van der Waals surface area (Å²) in [7, 11) is -16.4. The van der Waals surface area contributed by atoms with Gasteiger partial charge < -0.3 is 50.9 Å². The number of fused-ring (bicyclic) bond motifs is 1. The maximum atomic E-state index is 12.8. The Morgan fingerprint density at radius 3 is 2.07 bits per heavy atom. The Morgan fingerprint density at radius 1 is 0.870 bits per heavy atom. The standard InChI is InChI=1S/C41H74N7O17P3S/c1-26(2)11-8-12-27(3)13-9-14-28(4)15-10-16-29(5)21-32(50)69-20-19-43-31(49)17-18-44-39(53)36(52)41(6,7)23-62-68(59,60)65-67(57,58)61-22-30-35(64-66(54,55)56)34(51)40(63-30)48-25-47-33-37(42)45-24-46-38(33)48/h24-30,34-36,40,51-52H,8-23H2,1-7H3,(H,43,49)(H,44,53)(H,57,58)(H,59,60)(H2,42,45,46)(H2,54,55,56)/t27-,28-,29+,30-,34-,35-,36?,40-/m1/s1. The van der Waals surface area contributed by atoms with E-state index < -0.39 is 84.6 Å². The molecule has 2 aromatic heterocycles. The number of rotatable bonds is 33. The first kappa shape index (κ1) is 60.9. The van der Waals surface area contributed by atoms with Crippen molar-refractivity contribution in [1.29, 1.82) is 0 Å². The molecule has 0 aromatic carbocycles. The van der Waals surface area contributed by atoms with Crippen LogP contribution in [0.3, 0.4) is 0 Å². The van der Waals surface area contributed by atoms with E-state index in [-0.39, 0.29) is 47.5 Å². The van der Waals surface area contributed by atoms with Crippen molar-refractivity contribution in [3.05, 3.63) is 12.7 Å². The summed E-state index contributed by atoms with van der Waals surface area (Å²) in [5.74, 6) is 1.45. The van der Waals surface area contributed by atoms with Crippen molar-refractivity contribution in [2.75, 3.05) is 37.8 Å². The summed E-state index contributed by atoms with van der Waals surface area (Å²) in [5, 5.41) is 26.7. The van der Waals surface area contributed by atoms with Crippen molar-refractivity contribution in [2.45, 2.75) is 150 Å². The lowest BCUT2D eigenvalue weighted by Gasteiger charge is -2.30. The molecule has 3 rings (SSSR count). The van der Waals surface area contributed by atoms with E-state index in [1.54, 1.807) is 0 Å². The number of amides is 2. The molecule has 3 heterocycles. The predicted octanol–water partition coefficient (Wildman–Crippen LogP) is 5.13. The summed E-state index contributed by atoms with van der Waals surface area (Å²) in [6.45, 7) is 11.9. The average molecular weight is 1060 g/mol. The number of anilines is 1. The summed E-state index contributed by atoms with van der Waals surface area (Å²) < 4.78 is 62.5. The summed E-state index contributed by atoms with van der Waals surface area (Å²) >= 11 is 1.16. The molecule has 0 bridgehead atoms. The van der Waals surface area contributed by atoms with Crippen LogP contribution in [0.15, 0.2) is 12.7 Å². The molecule has 1 fully saturated rings. The van der Waals surface area contributed by atoms with Crippen molar-refractivity contribution >= 4 is 69.1 Å². The zero-order valence-electron chi connectivity index (χ0n) is 40.5. The third-order valence-electron chi connectivity index (χ3n) is 11.5. The topological polar surface area (TPSA) is 364 Å². The second kappa shape index (κ2) is 28.1. The number of nitrogens with two attached hydrogens (primary N) is 1. The molecule has 10 N–H and O–H groups in total. The number of aliphatic hydroxyl groups is 2. The first-order chi connectivity index (χ1) is 32.1. The second-order valence-corrected chi connectivity index (χ2v) is 24.4. The summed E-state index contributed by atoms with van der Waals surface area (Å²) in [5.41, 5.74) is 4.29. The van der Waals surface area contributed by atoms with E-state index in [0.717, 1.165) is 60.1 Å². The number of aliphatic hydroxyl groups excluding tert-OH is 2. The molecule has 0 aliphatic carbocycles. The van der Waals surface area contributed by atoms with Gasteiger partial charge in [0.05, 0.1) is 19.5 Å². The Bertz CT molecular complexity index is 2100. The molecule has 2 amide bonds. The average Bonchev–Trinajstić information content (AvgIpc) is 3.80. The number of phosphoric acid groups is 3. The van der Waals surface area contributed by atoms with Crippen LogP contribution in [0.4, 0.5) is 5.82 Å². The lowest BCUT2D eigenvalue weighted by molar-refractivity contribution is -0.137. The Morgan fingerprint density at radius 2 is 1.46 bits per heavy atom. The van der Waals surface area contributed by atoms with Crippen LogP contribution >= 0.6 is 35.2 Å². The van der Waals surface area contributed by atoms with Crippen LogP contribution in [-0.4, -0.2) is 123 Å². The molecule has 1 aliphatic heterocycles. The number of aromatic nitrogens is 4. The van der Waals surface area contributed by atoms with Crippen LogP contribution in [0.25, 0.3) is 11.2 Å². The molecule has 3 unspecified atom stereocenters. The van der Waals surface area contributed by atoms with Crippen LogP contribution in [0, 0.1) is 29.1 Å². The molecule has 10 atom stereocenters. The van der Waals surface area contributed by atoms with Crippen LogP contribution in [0.5, 0.6) is 0 Å². The van der Waals surface area contributed by atoms with E-state index in [0.29, 0.717) is 18.1 Å². The predicted molar refractivity (Wildman–Crippen MR) is 256 cm³/mol. The molecule has 28 heteroatoms. The molecular formula is C41H74N7O17P3S. The molecule has 0 spiro atoms. The number of imidazole rings is 1. The second-order valence-electron chi connectivity index (χ2n) is 19.0. The van der Waals surface area contributed by atoms with Gasteiger partial charge in [0, 0.05) is 37.1 Å². The van der Waals surface area contributed by atoms with E-state index in [1.165, 1.54) is 52.4 Å². The molecule has 0 saturated carbocycles. The molecule has 396 valence electrons. The zero-order chi connectivity index (χ0) is 51.7. The summed E-state index contributed by atoms with van der Waals surface area (Å²) in [6.07, 6.45) is 4.52. The number of nitrogen functional groups attached to an aromatic ring is 1. The molecule has 1 aliphatic rings. The SMILES string of the molecule is CC(C)CCC[C@@H](C)CCC[C@@H](C)CCC[C@H](C)CC(=O)SCCNC(=O)CCNC(=O)C(O)C(C)(C)COP(=O)(O)OP(=O)(O)OC[C@H]1O[C@@H](n2cnc3c(N)ncnc32)[C@H](O)[C@@H]1OP(=O)(O)O. The number of hydrogen-bond donors (Lipinski definition) is 9. The van der Waals surface area contributed by atoms with Gasteiger partial charge in [-0.2, -0.15) is 4.31 Å². The first-order valence-electron chi connectivity index (χ1n) is 23.1. The fourth-order valence-electron chi connectivity index (χ4n) is 7.53. The van der Waals surface area contributed by atoms with Gasteiger partial charge in [0.2, 0.25) is 11.8 Å². The lowest BCUT2D eigenvalue weighted by atomic mass is 9.87. The van der Waals surface area contributed by atoms with Gasteiger partial charge in [-0.05, 0) is 23.7 Å². The smallest absolute Gasteiger partial charge is 0.386 e. The Kier molecular flexibility index (Phi) is 24.8. The van der Waals surface area contributed by atoms with Gasteiger partial charge >= 0.3 is 23.5 Å². The minimum atomic E-state index is -5.58. The quantitative estimate of drug-likeness (QED) is 0.0330. The number of nitrogens with one attached hydrogen (secondary N) is 2. The molecular weight excluding hydrogens is 987 g/mol. The van der Waals surface area contributed by atoms with Gasteiger partial charge in [0.15, 0.2) is 22.8 Å². The zero-order valence-corrected chi connectivity index (χ0v) is 44.0. The van der Waals surface area contributed by atoms with Gasteiger partial charge in [-0.15, -0.1) is 0 Å². The highest BCUT2D eigenvalue weighted by molar-refractivity contribution is 8.13. The highest BCUT2D eigenvalue weighted by Crippen LogP contribution is 2.61. The first-order valence-corrected chi connectivity index (χ1v) is 28.6. The fourth-order valence-corrected chi connectivity index (χ4v) is 11.2. The van der Waals surface area contributed by atoms with E-state index in [1.807, 2.05) is 0 Å². The number of hydrogen-bond acceptors (Lipinski definition) is 18. The van der Waals surface area contributed by atoms with E-state index in [4.69, 9.17) is 19.5 Å². The fraction of sp³-hybridized carbons (Fsp3) is 0.805. The highest BCUT2D eigenvalue weighted by Gasteiger charge is 2.50. The highest BCUT2D eigenvalue weighted by atomic mass is 32.2. The van der Waals surface area contributed by atoms with E-state index in [2.05, 4.69) is 69.0 Å². The molecule has 0 radical (unpaired) electrons. The van der Waals surface area contributed by atoms with Crippen molar-refractivity contribution in [2.24, 2.45) is 29.1 Å². The number of thioether (sulfide) groups is 1. The summed E-state index contributed by atoms with van der Waals surface area (Å²) in [4.78, 5) is 88.9.